The van der Waals surface area contributed by atoms with Crippen molar-refractivity contribution in [1.29, 1.82) is 0 Å². The standard InChI is InChI=1S/C11H11ClO3/c1-7(5-11(13)14)9-4-3-8(15-2)6-10(9)12/h3-6H,1-2H3,(H,13,14)/b7-5+. The van der Waals surface area contributed by atoms with Crippen LogP contribution in [0.5, 0.6) is 5.75 Å². The number of methoxy groups -OCH3 is 1. The number of hydrogen-bond acceptors (Lipinski definition) is 2. The summed E-state index contributed by atoms with van der Waals surface area (Å²) in [6.45, 7) is 1.70. The number of benzene rings is 1. The Balaban J connectivity index is 3.11. The molecule has 15 heavy (non-hydrogen) atoms. The van der Waals surface area contributed by atoms with Gasteiger partial charge in [-0.25, -0.2) is 4.79 Å². The Morgan fingerprint density at radius 1 is 1.53 bits per heavy atom. The van der Waals surface area contributed by atoms with Crippen LogP contribution in [-0.2, 0) is 4.79 Å². The van der Waals surface area contributed by atoms with Crippen LogP contribution in [0.15, 0.2) is 24.3 Å². The van der Waals surface area contributed by atoms with Gasteiger partial charge in [-0.3, -0.25) is 0 Å². The zero-order valence-corrected chi connectivity index (χ0v) is 9.21. The minimum Gasteiger partial charge on any atom is -0.497 e. The monoisotopic (exact) mass is 226 g/mol. The van der Waals surface area contributed by atoms with E-state index < -0.39 is 5.97 Å². The van der Waals surface area contributed by atoms with E-state index in [4.69, 9.17) is 21.4 Å². The predicted molar refractivity (Wildman–Crippen MR) is 59.3 cm³/mol. The predicted octanol–water partition coefficient (Wildman–Crippen LogP) is 2.84. The van der Waals surface area contributed by atoms with Crippen LogP contribution < -0.4 is 4.74 Å². The highest BCUT2D eigenvalue weighted by molar-refractivity contribution is 6.32. The van der Waals surface area contributed by atoms with Crippen molar-refractivity contribution in [3.05, 3.63) is 34.9 Å². The first-order valence-electron chi connectivity index (χ1n) is 4.29. The number of ether oxygens (including phenoxy) is 1. The third-order valence-electron chi connectivity index (χ3n) is 1.94. The molecule has 0 amide bonds. The van der Waals surface area contributed by atoms with Gasteiger partial charge in [-0.05, 0) is 36.3 Å². The molecule has 80 valence electrons. The number of carbonyl (C=O) groups is 1. The summed E-state index contributed by atoms with van der Waals surface area (Å²) < 4.78 is 4.99. The van der Waals surface area contributed by atoms with Crippen molar-refractivity contribution in [2.75, 3.05) is 7.11 Å². The third-order valence-corrected chi connectivity index (χ3v) is 2.25. The van der Waals surface area contributed by atoms with Crippen LogP contribution in [0.4, 0.5) is 0 Å². The Morgan fingerprint density at radius 2 is 2.20 bits per heavy atom. The maximum atomic E-state index is 10.5. The fourth-order valence-electron chi connectivity index (χ4n) is 1.21. The molecule has 0 aromatic heterocycles. The van der Waals surface area contributed by atoms with Gasteiger partial charge in [-0.2, -0.15) is 0 Å². The lowest BCUT2D eigenvalue weighted by Gasteiger charge is -2.06. The van der Waals surface area contributed by atoms with Crippen molar-refractivity contribution in [1.82, 2.24) is 0 Å². The molecule has 1 aromatic carbocycles. The van der Waals surface area contributed by atoms with Crippen LogP contribution in [0.1, 0.15) is 12.5 Å². The summed E-state index contributed by atoms with van der Waals surface area (Å²) in [5, 5.41) is 9.07. The maximum absolute atomic E-state index is 10.5. The van der Waals surface area contributed by atoms with Crippen molar-refractivity contribution in [2.24, 2.45) is 0 Å². The summed E-state index contributed by atoms with van der Waals surface area (Å²) in [6.07, 6.45) is 1.12. The van der Waals surface area contributed by atoms with E-state index in [9.17, 15) is 4.79 Å². The molecule has 1 aromatic rings. The molecule has 4 heteroatoms. The maximum Gasteiger partial charge on any atom is 0.328 e. The van der Waals surface area contributed by atoms with Gasteiger partial charge >= 0.3 is 5.97 Å². The van der Waals surface area contributed by atoms with Crippen LogP contribution in [-0.4, -0.2) is 18.2 Å². The van der Waals surface area contributed by atoms with Crippen molar-refractivity contribution in [3.63, 3.8) is 0 Å². The second kappa shape index (κ2) is 4.84. The van der Waals surface area contributed by atoms with Crippen LogP contribution in [0.3, 0.4) is 0 Å². The molecular formula is C11H11ClO3. The number of allylic oxidation sites excluding steroid dienone is 1. The molecule has 0 saturated carbocycles. The number of rotatable bonds is 3. The average molecular weight is 227 g/mol. The fraction of sp³-hybridized carbons (Fsp3) is 0.182. The third kappa shape index (κ3) is 2.99. The van der Waals surface area contributed by atoms with Gasteiger partial charge in [-0.15, -0.1) is 0 Å². The van der Waals surface area contributed by atoms with Gasteiger partial charge in [0, 0.05) is 6.08 Å². The van der Waals surface area contributed by atoms with E-state index in [1.54, 1.807) is 32.2 Å². The second-order valence-electron chi connectivity index (χ2n) is 3.01. The van der Waals surface area contributed by atoms with Gasteiger partial charge in [0.2, 0.25) is 0 Å². The van der Waals surface area contributed by atoms with Crippen molar-refractivity contribution >= 4 is 23.1 Å². The summed E-state index contributed by atoms with van der Waals surface area (Å²) in [4.78, 5) is 10.5. The zero-order chi connectivity index (χ0) is 11.4. The SMILES string of the molecule is COc1ccc(/C(C)=C/C(=O)O)c(Cl)c1. The first-order chi connectivity index (χ1) is 7.04. The fourth-order valence-corrected chi connectivity index (χ4v) is 1.53. The van der Waals surface area contributed by atoms with Crippen molar-refractivity contribution in [2.45, 2.75) is 6.92 Å². The van der Waals surface area contributed by atoms with Crippen LogP contribution in [0.2, 0.25) is 5.02 Å². The molecule has 0 fully saturated rings. The lowest BCUT2D eigenvalue weighted by molar-refractivity contribution is -0.131. The van der Waals surface area contributed by atoms with Gasteiger partial charge in [-0.1, -0.05) is 11.6 Å². The summed E-state index contributed by atoms with van der Waals surface area (Å²) in [6, 6.07) is 5.12. The largest absolute Gasteiger partial charge is 0.497 e. The molecule has 0 saturated heterocycles. The minimum absolute atomic E-state index is 0.476. The van der Waals surface area contributed by atoms with Gasteiger partial charge in [0.15, 0.2) is 0 Å². The zero-order valence-electron chi connectivity index (χ0n) is 8.45. The molecule has 0 atom stereocenters. The first kappa shape index (κ1) is 11.6. The lowest BCUT2D eigenvalue weighted by Crippen LogP contribution is -1.91. The average Bonchev–Trinajstić information content (AvgIpc) is 2.16. The van der Waals surface area contributed by atoms with E-state index in [0.29, 0.717) is 21.9 Å². The Hall–Kier alpha value is -1.48. The van der Waals surface area contributed by atoms with E-state index in [0.717, 1.165) is 6.08 Å². The number of carboxylic acid groups (broad SMARTS) is 1. The number of hydrogen-bond donors (Lipinski definition) is 1. The summed E-state index contributed by atoms with van der Waals surface area (Å²) >= 11 is 5.97. The molecular weight excluding hydrogens is 216 g/mol. The number of aliphatic carboxylic acids is 1. The van der Waals surface area contributed by atoms with Gasteiger partial charge in [0.1, 0.15) is 5.75 Å². The van der Waals surface area contributed by atoms with Crippen LogP contribution in [0.25, 0.3) is 5.57 Å². The normalized spacial score (nSPS) is 11.3. The second-order valence-corrected chi connectivity index (χ2v) is 3.42. The molecule has 0 aliphatic heterocycles. The highest BCUT2D eigenvalue weighted by Gasteiger charge is 2.05. The van der Waals surface area contributed by atoms with E-state index in [1.165, 1.54) is 0 Å². The summed E-state index contributed by atoms with van der Waals surface area (Å²) in [7, 11) is 1.55. The van der Waals surface area contributed by atoms with E-state index in [1.807, 2.05) is 0 Å². The quantitative estimate of drug-likeness (QED) is 0.807. The first-order valence-corrected chi connectivity index (χ1v) is 4.67. The van der Waals surface area contributed by atoms with Crippen molar-refractivity contribution in [3.8, 4) is 5.75 Å². The van der Waals surface area contributed by atoms with E-state index in [2.05, 4.69) is 0 Å². The van der Waals surface area contributed by atoms with Gasteiger partial charge in [0.25, 0.3) is 0 Å². The molecule has 3 nitrogen and oxygen atoms in total. The highest BCUT2D eigenvalue weighted by atomic mass is 35.5. The van der Waals surface area contributed by atoms with Gasteiger partial charge in [0.05, 0.1) is 12.1 Å². The number of halogens is 1. The summed E-state index contributed by atoms with van der Waals surface area (Å²) in [5.74, 6) is -0.341. The molecule has 0 radical (unpaired) electrons. The van der Waals surface area contributed by atoms with E-state index >= 15 is 0 Å². The molecule has 1 rings (SSSR count). The van der Waals surface area contributed by atoms with Gasteiger partial charge < -0.3 is 9.84 Å². The molecule has 0 bridgehead atoms. The Kier molecular flexibility index (Phi) is 3.74. The Bertz CT molecular complexity index is 410. The number of carboxylic acids is 1. The molecule has 0 heterocycles. The molecule has 1 N–H and O–H groups in total. The Labute approximate surface area is 92.9 Å². The van der Waals surface area contributed by atoms with Crippen LogP contribution in [0, 0.1) is 0 Å². The lowest BCUT2D eigenvalue weighted by atomic mass is 10.1. The summed E-state index contributed by atoms with van der Waals surface area (Å²) in [5.41, 5.74) is 1.30. The van der Waals surface area contributed by atoms with Crippen molar-refractivity contribution < 1.29 is 14.6 Å². The molecule has 0 aliphatic rings. The topological polar surface area (TPSA) is 46.5 Å². The molecule has 0 unspecified atom stereocenters. The molecule has 0 spiro atoms. The minimum atomic E-state index is -0.987. The highest BCUT2D eigenvalue weighted by Crippen LogP contribution is 2.27. The smallest absolute Gasteiger partial charge is 0.328 e. The van der Waals surface area contributed by atoms with E-state index in [-0.39, 0.29) is 0 Å². The molecule has 0 aliphatic carbocycles. The van der Waals surface area contributed by atoms with Crippen LogP contribution >= 0.6 is 11.6 Å². The Morgan fingerprint density at radius 3 is 2.67 bits per heavy atom.